The molecule has 1 aliphatic carbocycles. The Morgan fingerprint density at radius 3 is 2.81 bits per heavy atom. The SMILES string of the molecule is CCC1CC=Cc2c1ccc(Br)c2B(O)O. The second kappa shape index (κ2) is 4.74. The van der Waals surface area contributed by atoms with Gasteiger partial charge in [-0.2, -0.15) is 0 Å². The van der Waals surface area contributed by atoms with Crippen LogP contribution in [0.5, 0.6) is 0 Å². The zero-order valence-electron chi connectivity index (χ0n) is 9.15. The Labute approximate surface area is 104 Å². The van der Waals surface area contributed by atoms with Crippen molar-refractivity contribution in [3.8, 4) is 0 Å². The molecule has 0 fully saturated rings. The molecule has 2 rings (SSSR count). The van der Waals surface area contributed by atoms with Crippen LogP contribution in [0.1, 0.15) is 36.8 Å². The Bertz CT molecular complexity index is 429. The van der Waals surface area contributed by atoms with Gasteiger partial charge in [-0.25, -0.2) is 0 Å². The molecule has 2 nitrogen and oxygen atoms in total. The molecule has 0 amide bonds. The first-order chi connectivity index (χ1) is 7.65. The number of halogens is 1. The first kappa shape index (κ1) is 11.9. The van der Waals surface area contributed by atoms with Crippen LogP contribution in [0.4, 0.5) is 0 Å². The molecule has 0 saturated carbocycles. The molecule has 1 aromatic carbocycles. The molecule has 1 unspecified atom stereocenters. The monoisotopic (exact) mass is 280 g/mol. The summed E-state index contributed by atoms with van der Waals surface area (Å²) in [6, 6.07) is 3.97. The minimum absolute atomic E-state index is 0.491. The fourth-order valence-corrected chi connectivity index (χ4v) is 2.85. The van der Waals surface area contributed by atoms with E-state index < -0.39 is 7.12 Å². The Morgan fingerprint density at radius 2 is 2.19 bits per heavy atom. The summed E-state index contributed by atoms with van der Waals surface area (Å²) in [5, 5.41) is 18.8. The average molecular weight is 281 g/mol. The maximum atomic E-state index is 9.41. The van der Waals surface area contributed by atoms with Crippen molar-refractivity contribution in [3.05, 3.63) is 33.8 Å². The number of fused-ring (bicyclic) bond motifs is 1. The quantitative estimate of drug-likeness (QED) is 0.814. The van der Waals surface area contributed by atoms with Crippen LogP contribution < -0.4 is 5.46 Å². The van der Waals surface area contributed by atoms with Crippen molar-refractivity contribution < 1.29 is 10.0 Å². The Balaban J connectivity index is 2.60. The topological polar surface area (TPSA) is 40.5 Å². The van der Waals surface area contributed by atoms with E-state index in [1.54, 1.807) is 0 Å². The fraction of sp³-hybridized carbons (Fsp3) is 0.333. The van der Waals surface area contributed by atoms with Crippen LogP contribution in [0.25, 0.3) is 6.08 Å². The zero-order valence-corrected chi connectivity index (χ0v) is 10.7. The van der Waals surface area contributed by atoms with Gasteiger partial charge >= 0.3 is 7.12 Å². The van der Waals surface area contributed by atoms with E-state index in [4.69, 9.17) is 0 Å². The number of benzene rings is 1. The van der Waals surface area contributed by atoms with Gasteiger partial charge in [0.1, 0.15) is 0 Å². The molecule has 0 spiro atoms. The summed E-state index contributed by atoms with van der Waals surface area (Å²) in [5.74, 6) is 0.491. The predicted octanol–water partition coefficient (Wildman–Crippen LogP) is 2.04. The number of hydrogen-bond donors (Lipinski definition) is 2. The Kier molecular flexibility index (Phi) is 3.52. The van der Waals surface area contributed by atoms with E-state index in [0.29, 0.717) is 11.4 Å². The first-order valence-electron chi connectivity index (χ1n) is 5.50. The summed E-state index contributed by atoms with van der Waals surface area (Å²) in [6.07, 6.45) is 6.20. The van der Waals surface area contributed by atoms with Gasteiger partial charge in [-0.3, -0.25) is 0 Å². The van der Waals surface area contributed by atoms with Crippen molar-refractivity contribution in [2.24, 2.45) is 0 Å². The van der Waals surface area contributed by atoms with Crippen LogP contribution in [0.2, 0.25) is 0 Å². The van der Waals surface area contributed by atoms with E-state index >= 15 is 0 Å². The number of allylic oxidation sites excluding steroid dienone is 1. The minimum Gasteiger partial charge on any atom is -0.423 e. The van der Waals surface area contributed by atoms with Gasteiger partial charge in [0.2, 0.25) is 0 Å². The van der Waals surface area contributed by atoms with Gasteiger partial charge in [0, 0.05) is 9.94 Å². The van der Waals surface area contributed by atoms with Crippen molar-refractivity contribution in [1.29, 1.82) is 0 Å². The lowest BCUT2D eigenvalue weighted by atomic mass is 9.72. The van der Waals surface area contributed by atoms with E-state index in [1.807, 2.05) is 12.1 Å². The Morgan fingerprint density at radius 1 is 1.44 bits per heavy atom. The summed E-state index contributed by atoms with van der Waals surface area (Å²) in [4.78, 5) is 0. The third-order valence-electron chi connectivity index (χ3n) is 3.16. The summed E-state index contributed by atoms with van der Waals surface area (Å²) in [6.45, 7) is 2.16. The van der Waals surface area contributed by atoms with Crippen LogP contribution in [-0.4, -0.2) is 17.2 Å². The minimum atomic E-state index is -1.43. The lowest BCUT2D eigenvalue weighted by Gasteiger charge is -2.23. The molecule has 1 atom stereocenters. The van der Waals surface area contributed by atoms with Crippen LogP contribution in [0.15, 0.2) is 22.7 Å². The zero-order chi connectivity index (χ0) is 11.7. The van der Waals surface area contributed by atoms with Crippen LogP contribution in [0, 0.1) is 0 Å². The molecule has 84 valence electrons. The molecule has 1 aromatic rings. The normalized spacial score (nSPS) is 18.4. The molecular weight excluding hydrogens is 267 g/mol. The highest BCUT2D eigenvalue weighted by Crippen LogP contribution is 2.32. The van der Waals surface area contributed by atoms with Gasteiger partial charge < -0.3 is 10.0 Å². The molecule has 0 aromatic heterocycles. The largest absolute Gasteiger partial charge is 0.490 e. The first-order valence-corrected chi connectivity index (χ1v) is 6.29. The molecule has 0 radical (unpaired) electrons. The third kappa shape index (κ3) is 1.97. The van der Waals surface area contributed by atoms with Crippen LogP contribution in [-0.2, 0) is 0 Å². The summed E-state index contributed by atoms with van der Waals surface area (Å²) >= 11 is 3.36. The number of hydrogen-bond acceptors (Lipinski definition) is 2. The van der Waals surface area contributed by atoms with E-state index in [9.17, 15) is 10.0 Å². The van der Waals surface area contributed by atoms with Crippen molar-refractivity contribution in [1.82, 2.24) is 0 Å². The van der Waals surface area contributed by atoms with Crippen molar-refractivity contribution in [2.45, 2.75) is 25.7 Å². The van der Waals surface area contributed by atoms with E-state index in [-0.39, 0.29) is 0 Å². The van der Waals surface area contributed by atoms with Crippen molar-refractivity contribution >= 4 is 34.6 Å². The van der Waals surface area contributed by atoms with Crippen molar-refractivity contribution in [2.75, 3.05) is 0 Å². The highest BCUT2D eigenvalue weighted by atomic mass is 79.9. The van der Waals surface area contributed by atoms with Gasteiger partial charge in [-0.05, 0) is 36.0 Å². The smallest absolute Gasteiger partial charge is 0.423 e. The summed E-state index contributed by atoms with van der Waals surface area (Å²) in [7, 11) is -1.43. The van der Waals surface area contributed by atoms with Crippen LogP contribution in [0.3, 0.4) is 0 Å². The van der Waals surface area contributed by atoms with Crippen LogP contribution >= 0.6 is 15.9 Å². The standard InChI is InChI=1S/C12H14BBrO2/c1-2-8-4-3-5-10-9(8)6-7-11(14)12(10)13(15)16/h3,5-8,15-16H,2,4H2,1H3. The molecule has 0 saturated heterocycles. The molecule has 1 aliphatic rings. The Hall–Kier alpha value is -0.575. The average Bonchev–Trinajstić information content (AvgIpc) is 2.27. The van der Waals surface area contributed by atoms with E-state index in [2.05, 4.69) is 35.0 Å². The number of rotatable bonds is 2. The highest BCUT2D eigenvalue weighted by molar-refractivity contribution is 9.10. The molecule has 16 heavy (non-hydrogen) atoms. The molecule has 0 aliphatic heterocycles. The third-order valence-corrected chi connectivity index (χ3v) is 3.86. The van der Waals surface area contributed by atoms with Gasteiger partial charge in [0.25, 0.3) is 0 Å². The van der Waals surface area contributed by atoms with Gasteiger partial charge in [0.15, 0.2) is 0 Å². The molecule has 4 heteroatoms. The molecule has 0 bridgehead atoms. The van der Waals surface area contributed by atoms with E-state index in [0.717, 1.165) is 22.9 Å². The fourth-order valence-electron chi connectivity index (χ4n) is 2.29. The van der Waals surface area contributed by atoms with Gasteiger partial charge in [-0.15, -0.1) is 0 Å². The molecule has 2 N–H and O–H groups in total. The lowest BCUT2D eigenvalue weighted by molar-refractivity contribution is 0.425. The predicted molar refractivity (Wildman–Crippen MR) is 70.7 cm³/mol. The van der Waals surface area contributed by atoms with Crippen molar-refractivity contribution in [3.63, 3.8) is 0 Å². The second-order valence-corrected chi connectivity index (χ2v) is 4.94. The molecule has 0 heterocycles. The second-order valence-electron chi connectivity index (χ2n) is 4.08. The highest BCUT2D eigenvalue weighted by Gasteiger charge is 2.24. The summed E-state index contributed by atoms with van der Waals surface area (Å²) in [5.41, 5.74) is 2.76. The molecular formula is C12H14BBrO2. The van der Waals surface area contributed by atoms with Gasteiger partial charge in [0.05, 0.1) is 0 Å². The van der Waals surface area contributed by atoms with E-state index in [1.165, 1.54) is 5.56 Å². The maximum absolute atomic E-state index is 9.41. The lowest BCUT2D eigenvalue weighted by Crippen LogP contribution is -2.34. The maximum Gasteiger partial charge on any atom is 0.490 e. The van der Waals surface area contributed by atoms with Gasteiger partial charge in [-0.1, -0.05) is 41.1 Å². The summed E-state index contributed by atoms with van der Waals surface area (Å²) < 4.78 is 0.752.